The maximum absolute atomic E-state index is 13.2. The number of anilines is 1. The number of amides is 1. The van der Waals surface area contributed by atoms with E-state index in [-0.39, 0.29) is 17.4 Å². The van der Waals surface area contributed by atoms with Crippen LogP contribution in [-0.4, -0.2) is 19.0 Å². The fraction of sp³-hybridized carbons (Fsp3) is 0.417. The Morgan fingerprint density at radius 3 is 3.00 bits per heavy atom. The molecule has 1 aliphatic rings. The predicted molar refractivity (Wildman–Crippen MR) is 60.6 cm³/mol. The zero-order valence-corrected chi connectivity index (χ0v) is 9.00. The van der Waals surface area contributed by atoms with Crippen LogP contribution in [0.3, 0.4) is 0 Å². The lowest BCUT2D eigenvalue weighted by Crippen LogP contribution is -2.18. The topological polar surface area (TPSA) is 41.1 Å². The minimum absolute atomic E-state index is 0.112. The van der Waals surface area contributed by atoms with Crippen molar-refractivity contribution in [2.45, 2.75) is 12.8 Å². The summed E-state index contributed by atoms with van der Waals surface area (Å²) >= 11 is 0. The highest BCUT2D eigenvalue weighted by Gasteiger charge is 2.18. The van der Waals surface area contributed by atoms with Crippen LogP contribution >= 0.6 is 0 Å². The van der Waals surface area contributed by atoms with Crippen molar-refractivity contribution < 1.29 is 9.18 Å². The summed E-state index contributed by atoms with van der Waals surface area (Å²) in [5, 5.41) is 5.79. The third-order valence-electron chi connectivity index (χ3n) is 2.78. The smallest absolute Gasteiger partial charge is 0.224 e. The fourth-order valence-electron chi connectivity index (χ4n) is 1.91. The average molecular weight is 222 g/mol. The molecule has 86 valence electrons. The third kappa shape index (κ3) is 2.79. The van der Waals surface area contributed by atoms with Crippen molar-refractivity contribution in [2.75, 3.05) is 18.4 Å². The van der Waals surface area contributed by atoms with Crippen LogP contribution in [-0.2, 0) is 4.79 Å². The Balaban J connectivity index is 1.89. The highest BCUT2D eigenvalue weighted by molar-refractivity contribution is 5.90. The molecule has 0 spiro atoms. The van der Waals surface area contributed by atoms with Gasteiger partial charge >= 0.3 is 0 Å². The van der Waals surface area contributed by atoms with Crippen LogP contribution in [0.2, 0.25) is 0 Å². The Bertz CT molecular complexity index is 375. The van der Waals surface area contributed by atoms with Gasteiger partial charge in [-0.25, -0.2) is 4.39 Å². The largest absolute Gasteiger partial charge is 0.324 e. The molecule has 2 rings (SSSR count). The summed E-state index contributed by atoms with van der Waals surface area (Å²) in [6.07, 6.45) is 1.48. The second kappa shape index (κ2) is 5.07. The first kappa shape index (κ1) is 11.1. The quantitative estimate of drug-likeness (QED) is 0.818. The Morgan fingerprint density at radius 2 is 2.31 bits per heavy atom. The Hall–Kier alpha value is -1.42. The summed E-state index contributed by atoms with van der Waals surface area (Å²) in [4.78, 5) is 11.6. The Labute approximate surface area is 94.0 Å². The van der Waals surface area contributed by atoms with Gasteiger partial charge in [-0.2, -0.15) is 0 Å². The van der Waals surface area contributed by atoms with Crippen LogP contribution in [0.5, 0.6) is 0 Å². The summed E-state index contributed by atoms with van der Waals surface area (Å²) in [5.74, 6) is -0.119. The van der Waals surface area contributed by atoms with Gasteiger partial charge in [0.05, 0.1) is 5.69 Å². The molecule has 1 aromatic rings. The first-order chi connectivity index (χ1) is 7.75. The van der Waals surface area contributed by atoms with Crippen LogP contribution in [0, 0.1) is 11.7 Å². The second-order valence-corrected chi connectivity index (χ2v) is 4.09. The molecular formula is C12H15FN2O. The zero-order chi connectivity index (χ0) is 11.4. The van der Waals surface area contributed by atoms with Crippen LogP contribution in [0.4, 0.5) is 10.1 Å². The minimum Gasteiger partial charge on any atom is -0.324 e. The SMILES string of the molecule is O=C(CC1CCNC1)Nc1ccccc1F. The third-order valence-corrected chi connectivity index (χ3v) is 2.78. The summed E-state index contributed by atoms with van der Waals surface area (Å²) in [7, 11) is 0. The predicted octanol–water partition coefficient (Wildman–Crippen LogP) is 1.76. The summed E-state index contributed by atoms with van der Waals surface area (Å²) in [5.41, 5.74) is 0.262. The molecule has 1 amide bonds. The van der Waals surface area contributed by atoms with Crippen LogP contribution in [0.15, 0.2) is 24.3 Å². The van der Waals surface area contributed by atoms with E-state index in [1.54, 1.807) is 18.2 Å². The number of carbonyl (C=O) groups is 1. The van der Waals surface area contributed by atoms with E-state index in [9.17, 15) is 9.18 Å². The molecule has 1 aromatic carbocycles. The second-order valence-electron chi connectivity index (χ2n) is 4.09. The van der Waals surface area contributed by atoms with Crippen molar-refractivity contribution in [3.63, 3.8) is 0 Å². The molecule has 0 bridgehead atoms. The van der Waals surface area contributed by atoms with E-state index < -0.39 is 0 Å². The molecule has 1 unspecified atom stereocenters. The standard InChI is InChI=1S/C12H15FN2O/c13-10-3-1-2-4-11(10)15-12(16)7-9-5-6-14-8-9/h1-4,9,14H,5-8H2,(H,15,16). The maximum atomic E-state index is 13.2. The Kier molecular flexibility index (Phi) is 3.51. The number of benzene rings is 1. The van der Waals surface area contributed by atoms with Gasteiger partial charge in [-0.3, -0.25) is 4.79 Å². The number of para-hydroxylation sites is 1. The van der Waals surface area contributed by atoms with Crippen molar-refractivity contribution in [3.8, 4) is 0 Å². The lowest BCUT2D eigenvalue weighted by Gasteiger charge is -2.09. The van der Waals surface area contributed by atoms with Gasteiger partial charge in [-0.05, 0) is 37.6 Å². The summed E-state index contributed by atoms with van der Waals surface area (Å²) in [6.45, 7) is 1.85. The Morgan fingerprint density at radius 1 is 1.50 bits per heavy atom. The van der Waals surface area contributed by atoms with Crippen LogP contribution in [0.25, 0.3) is 0 Å². The number of halogens is 1. The number of hydrogen-bond acceptors (Lipinski definition) is 2. The number of hydrogen-bond donors (Lipinski definition) is 2. The number of rotatable bonds is 3. The molecule has 2 N–H and O–H groups in total. The molecule has 1 heterocycles. The highest BCUT2D eigenvalue weighted by atomic mass is 19.1. The van der Waals surface area contributed by atoms with E-state index in [2.05, 4.69) is 10.6 Å². The minimum atomic E-state index is -0.389. The maximum Gasteiger partial charge on any atom is 0.224 e. The van der Waals surface area contributed by atoms with Crippen molar-refractivity contribution in [3.05, 3.63) is 30.1 Å². The van der Waals surface area contributed by atoms with Gasteiger partial charge < -0.3 is 10.6 Å². The zero-order valence-electron chi connectivity index (χ0n) is 9.00. The van der Waals surface area contributed by atoms with Crippen molar-refractivity contribution in [1.82, 2.24) is 5.32 Å². The first-order valence-electron chi connectivity index (χ1n) is 5.51. The van der Waals surface area contributed by atoms with E-state index in [1.165, 1.54) is 6.07 Å². The molecule has 16 heavy (non-hydrogen) atoms. The van der Waals surface area contributed by atoms with Gasteiger partial charge in [-0.1, -0.05) is 12.1 Å². The average Bonchev–Trinajstić information content (AvgIpc) is 2.74. The fourth-order valence-corrected chi connectivity index (χ4v) is 1.91. The van der Waals surface area contributed by atoms with E-state index >= 15 is 0 Å². The molecule has 0 saturated carbocycles. The first-order valence-corrected chi connectivity index (χ1v) is 5.51. The number of nitrogens with one attached hydrogen (secondary N) is 2. The van der Waals surface area contributed by atoms with E-state index in [0.29, 0.717) is 12.3 Å². The lowest BCUT2D eigenvalue weighted by molar-refractivity contribution is -0.117. The van der Waals surface area contributed by atoms with Gasteiger partial charge in [0.1, 0.15) is 5.82 Å². The molecule has 4 heteroatoms. The molecule has 0 aliphatic carbocycles. The normalized spacial score (nSPS) is 19.7. The molecule has 0 radical (unpaired) electrons. The van der Waals surface area contributed by atoms with E-state index in [1.807, 2.05) is 0 Å². The van der Waals surface area contributed by atoms with Crippen LogP contribution in [0.1, 0.15) is 12.8 Å². The molecule has 0 aromatic heterocycles. The molecule has 1 aliphatic heterocycles. The molecule has 1 atom stereocenters. The molecule has 1 saturated heterocycles. The van der Waals surface area contributed by atoms with Crippen LogP contribution < -0.4 is 10.6 Å². The van der Waals surface area contributed by atoms with Crippen molar-refractivity contribution in [2.24, 2.45) is 5.92 Å². The number of carbonyl (C=O) groups excluding carboxylic acids is 1. The molecular weight excluding hydrogens is 207 g/mol. The molecule has 3 nitrogen and oxygen atoms in total. The van der Waals surface area contributed by atoms with Gasteiger partial charge in [0.2, 0.25) is 5.91 Å². The van der Waals surface area contributed by atoms with Gasteiger partial charge in [-0.15, -0.1) is 0 Å². The highest BCUT2D eigenvalue weighted by Crippen LogP contribution is 2.16. The van der Waals surface area contributed by atoms with Gasteiger partial charge in [0.25, 0.3) is 0 Å². The molecule has 1 fully saturated rings. The van der Waals surface area contributed by atoms with Crippen molar-refractivity contribution in [1.29, 1.82) is 0 Å². The van der Waals surface area contributed by atoms with E-state index in [4.69, 9.17) is 0 Å². The lowest BCUT2D eigenvalue weighted by atomic mass is 10.0. The van der Waals surface area contributed by atoms with Gasteiger partial charge in [0, 0.05) is 6.42 Å². The van der Waals surface area contributed by atoms with E-state index in [0.717, 1.165) is 19.5 Å². The van der Waals surface area contributed by atoms with Gasteiger partial charge in [0.15, 0.2) is 0 Å². The summed E-state index contributed by atoms with van der Waals surface area (Å²) < 4.78 is 13.2. The van der Waals surface area contributed by atoms with Crippen molar-refractivity contribution >= 4 is 11.6 Å². The summed E-state index contributed by atoms with van der Waals surface area (Å²) in [6, 6.07) is 6.22. The monoisotopic (exact) mass is 222 g/mol.